The fourth-order valence-electron chi connectivity index (χ4n) is 1.87. The average molecular weight is 290 g/mol. The standard InChI is InChI=1S/C16H16ClNO2/c1-3-20-15-10-9-12(11-14(15)17)16(19)18(2)13-7-5-4-6-8-13/h4-11H,3H2,1-2H3. The van der Waals surface area contributed by atoms with Gasteiger partial charge in [-0.2, -0.15) is 0 Å². The van der Waals surface area contributed by atoms with Crippen molar-refractivity contribution in [2.24, 2.45) is 0 Å². The Hall–Kier alpha value is -2.00. The molecule has 0 N–H and O–H groups in total. The molecule has 0 bridgehead atoms. The summed E-state index contributed by atoms with van der Waals surface area (Å²) >= 11 is 6.11. The molecular formula is C16H16ClNO2. The number of halogens is 1. The molecule has 0 aromatic heterocycles. The Balaban J connectivity index is 2.23. The molecule has 0 heterocycles. The van der Waals surface area contributed by atoms with Gasteiger partial charge in [0.2, 0.25) is 0 Å². The van der Waals surface area contributed by atoms with E-state index in [1.54, 1.807) is 30.1 Å². The SMILES string of the molecule is CCOc1ccc(C(=O)N(C)c2ccccc2)cc1Cl. The first kappa shape index (κ1) is 14.4. The molecule has 1 amide bonds. The summed E-state index contributed by atoms with van der Waals surface area (Å²) in [5.74, 6) is 0.481. The summed E-state index contributed by atoms with van der Waals surface area (Å²) in [5.41, 5.74) is 1.37. The van der Waals surface area contributed by atoms with Crippen molar-refractivity contribution < 1.29 is 9.53 Å². The number of para-hydroxylation sites is 1. The highest BCUT2D eigenvalue weighted by Gasteiger charge is 2.14. The minimum Gasteiger partial charge on any atom is -0.492 e. The summed E-state index contributed by atoms with van der Waals surface area (Å²) < 4.78 is 5.36. The third kappa shape index (κ3) is 3.11. The zero-order chi connectivity index (χ0) is 14.5. The fourth-order valence-corrected chi connectivity index (χ4v) is 2.10. The summed E-state index contributed by atoms with van der Waals surface area (Å²) in [4.78, 5) is 14.0. The molecule has 0 saturated carbocycles. The van der Waals surface area contributed by atoms with E-state index in [0.29, 0.717) is 22.9 Å². The lowest BCUT2D eigenvalue weighted by molar-refractivity contribution is 0.0993. The van der Waals surface area contributed by atoms with Crippen LogP contribution in [0.5, 0.6) is 5.75 Å². The maximum absolute atomic E-state index is 12.4. The summed E-state index contributed by atoms with van der Waals surface area (Å²) in [6.45, 7) is 2.43. The molecular weight excluding hydrogens is 274 g/mol. The Morgan fingerprint density at radius 2 is 1.90 bits per heavy atom. The number of hydrogen-bond acceptors (Lipinski definition) is 2. The number of nitrogens with zero attached hydrogens (tertiary/aromatic N) is 1. The van der Waals surface area contributed by atoms with Gasteiger partial charge in [-0.15, -0.1) is 0 Å². The Morgan fingerprint density at radius 3 is 2.50 bits per heavy atom. The Morgan fingerprint density at radius 1 is 1.20 bits per heavy atom. The lowest BCUT2D eigenvalue weighted by atomic mass is 10.2. The average Bonchev–Trinajstić information content (AvgIpc) is 2.49. The quantitative estimate of drug-likeness (QED) is 0.851. The largest absolute Gasteiger partial charge is 0.492 e. The highest BCUT2D eigenvalue weighted by molar-refractivity contribution is 6.32. The van der Waals surface area contributed by atoms with Gasteiger partial charge in [0, 0.05) is 18.3 Å². The van der Waals surface area contributed by atoms with Gasteiger partial charge < -0.3 is 9.64 Å². The molecule has 0 unspecified atom stereocenters. The monoisotopic (exact) mass is 289 g/mol. The van der Waals surface area contributed by atoms with Crippen LogP contribution >= 0.6 is 11.6 Å². The maximum atomic E-state index is 12.4. The van der Waals surface area contributed by atoms with Gasteiger partial charge in [0.25, 0.3) is 5.91 Å². The van der Waals surface area contributed by atoms with E-state index in [4.69, 9.17) is 16.3 Å². The molecule has 20 heavy (non-hydrogen) atoms. The Labute approximate surface area is 123 Å². The van der Waals surface area contributed by atoms with E-state index in [0.717, 1.165) is 5.69 Å². The van der Waals surface area contributed by atoms with E-state index >= 15 is 0 Å². The van der Waals surface area contributed by atoms with Crippen LogP contribution in [0.25, 0.3) is 0 Å². The van der Waals surface area contributed by atoms with Crippen molar-refractivity contribution >= 4 is 23.2 Å². The number of anilines is 1. The van der Waals surface area contributed by atoms with Crippen molar-refractivity contribution in [3.63, 3.8) is 0 Å². The van der Waals surface area contributed by atoms with E-state index in [1.807, 2.05) is 37.3 Å². The molecule has 0 fully saturated rings. The minimum absolute atomic E-state index is 0.110. The second-order valence-electron chi connectivity index (χ2n) is 4.28. The fraction of sp³-hybridized carbons (Fsp3) is 0.188. The van der Waals surface area contributed by atoms with Gasteiger partial charge in [-0.25, -0.2) is 0 Å². The Bertz CT molecular complexity index is 599. The second kappa shape index (κ2) is 6.44. The van der Waals surface area contributed by atoms with Crippen LogP contribution in [0, 0.1) is 0 Å². The first-order valence-electron chi connectivity index (χ1n) is 6.39. The predicted octanol–water partition coefficient (Wildman–Crippen LogP) is 4.02. The molecule has 0 atom stereocenters. The second-order valence-corrected chi connectivity index (χ2v) is 4.69. The van der Waals surface area contributed by atoms with Crippen molar-refractivity contribution in [3.05, 3.63) is 59.1 Å². The zero-order valence-corrected chi connectivity index (χ0v) is 12.2. The molecule has 2 aromatic rings. The highest BCUT2D eigenvalue weighted by Crippen LogP contribution is 2.26. The van der Waals surface area contributed by atoms with Gasteiger partial charge in [-0.3, -0.25) is 4.79 Å². The van der Waals surface area contributed by atoms with Crippen LogP contribution in [-0.2, 0) is 0 Å². The third-order valence-electron chi connectivity index (χ3n) is 2.93. The van der Waals surface area contributed by atoms with Gasteiger partial charge in [0.05, 0.1) is 11.6 Å². The third-order valence-corrected chi connectivity index (χ3v) is 3.22. The first-order chi connectivity index (χ1) is 9.63. The number of amides is 1. The van der Waals surface area contributed by atoms with Gasteiger partial charge in [-0.05, 0) is 37.3 Å². The lowest BCUT2D eigenvalue weighted by Gasteiger charge is -2.17. The van der Waals surface area contributed by atoms with Crippen molar-refractivity contribution in [1.82, 2.24) is 0 Å². The van der Waals surface area contributed by atoms with E-state index in [9.17, 15) is 4.79 Å². The minimum atomic E-state index is -0.110. The van der Waals surface area contributed by atoms with E-state index in [2.05, 4.69) is 0 Å². The van der Waals surface area contributed by atoms with Crippen LogP contribution in [0.1, 0.15) is 17.3 Å². The Kier molecular flexibility index (Phi) is 4.64. The maximum Gasteiger partial charge on any atom is 0.258 e. The lowest BCUT2D eigenvalue weighted by Crippen LogP contribution is -2.26. The highest BCUT2D eigenvalue weighted by atomic mass is 35.5. The number of ether oxygens (including phenoxy) is 1. The van der Waals surface area contributed by atoms with Crippen molar-refractivity contribution in [3.8, 4) is 5.75 Å². The molecule has 0 aliphatic rings. The molecule has 0 radical (unpaired) electrons. The molecule has 0 spiro atoms. The molecule has 0 saturated heterocycles. The van der Waals surface area contributed by atoms with E-state index in [-0.39, 0.29) is 5.91 Å². The summed E-state index contributed by atoms with van der Waals surface area (Å²) in [6.07, 6.45) is 0. The predicted molar refractivity (Wildman–Crippen MR) is 81.8 cm³/mol. The van der Waals surface area contributed by atoms with E-state index < -0.39 is 0 Å². The molecule has 2 rings (SSSR count). The summed E-state index contributed by atoms with van der Waals surface area (Å²) in [6, 6.07) is 14.5. The number of hydrogen-bond donors (Lipinski definition) is 0. The van der Waals surface area contributed by atoms with Gasteiger partial charge in [-0.1, -0.05) is 29.8 Å². The van der Waals surface area contributed by atoms with Gasteiger partial charge in [0.1, 0.15) is 5.75 Å². The zero-order valence-electron chi connectivity index (χ0n) is 11.5. The number of rotatable bonds is 4. The first-order valence-corrected chi connectivity index (χ1v) is 6.76. The van der Waals surface area contributed by atoms with Crippen molar-refractivity contribution in [2.45, 2.75) is 6.92 Å². The number of carbonyl (C=O) groups is 1. The molecule has 0 aliphatic carbocycles. The van der Waals surface area contributed by atoms with Gasteiger partial charge >= 0.3 is 0 Å². The van der Waals surface area contributed by atoms with Crippen LogP contribution < -0.4 is 9.64 Å². The summed E-state index contributed by atoms with van der Waals surface area (Å²) in [7, 11) is 1.74. The topological polar surface area (TPSA) is 29.5 Å². The van der Waals surface area contributed by atoms with Crippen LogP contribution in [0.2, 0.25) is 5.02 Å². The van der Waals surface area contributed by atoms with Crippen LogP contribution in [-0.4, -0.2) is 19.6 Å². The van der Waals surface area contributed by atoms with Crippen LogP contribution in [0.15, 0.2) is 48.5 Å². The molecule has 0 aliphatic heterocycles. The van der Waals surface area contributed by atoms with E-state index in [1.165, 1.54) is 0 Å². The smallest absolute Gasteiger partial charge is 0.258 e. The summed E-state index contributed by atoms with van der Waals surface area (Å²) in [5, 5.41) is 0.444. The normalized spacial score (nSPS) is 10.2. The number of benzene rings is 2. The number of carbonyl (C=O) groups excluding carboxylic acids is 1. The van der Waals surface area contributed by atoms with Crippen LogP contribution in [0.4, 0.5) is 5.69 Å². The molecule has 2 aromatic carbocycles. The van der Waals surface area contributed by atoms with Crippen molar-refractivity contribution in [1.29, 1.82) is 0 Å². The van der Waals surface area contributed by atoms with Crippen molar-refractivity contribution in [2.75, 3.05) is 18.6 Å². The molecule has 3 nitrogen and oxygen atoms in total. The molecule has 4 heteroatoms. The van der Waals surface area contributed by atoms with Crippen LogP contribution in [0.3, 0.4) is 0 Å². The molecule has 104 valence electrons. The van der Waals surface area contributed by atoms with Gasteiger partial charge in [0.15, 0.2) is 0 Å².